The van der Waals surface area contributed by atoms with E-state index in [1.165, 1.54) is 11.0 Å². The Morgan fingerprint density at radius 3 is 3.00 bits per heavy atom. The van der Waals surface area contributed by atoms with Gasteiger partial charge in [0.1, 0.15) is 6.54 Å². The van der Waals surface area contributed by atoms with Gasteiger partial charge in [-0.2, -0.15) is 9.90 Å². The van der Waals surface area contributed by atoms with E-state index in [0.717, 1.165) is 5.56 Å². The van der Waals surface area contributed by atoms with Crippen LogP contribution < -0.4 is 14.9 Å². The van der Waals surface area contributed by atoms with Gasteiger partial charge >= 0.3 is 0 Å². The molecule has 1 aliphatic heterocycles. The summed E-state index contributed by atoms with van der Waals surface area (Å²) in [4.78, 5) is 13.1. The molecule has 0 bridgehead atoms. The summed E-state index contributed by atoms with van der Waals surface area (Å²) in [6, 6.07) is 12.5. The minimum atomic E-state index is -0.393. The largest absolute Gasteiger partial charge is 0.454 e. The van der Waals surface area contributed by atoms with Crippen LogP contribution in [0.25, 0.3) is 11.4 Å². The smallest absolute Gasteiger partial charge is 0.263 e. The van der Waals surface area contributed by atoms with Crippen molar-refractivity contribution >= 4 is 23.7 Å². The number of aromatic nitrogens is 4. The number of ether oxygens (including phenoxy) is 2. The molecule has 0 atom stereocenters. The minimum Gasteiger partial charge on any atom is -0.454 e. The van der Waals surface area contributed by atoms with Gasteiger partial charge in [-0.1, -0.05) is 23.7 Å². The first-order chi connectivity index (χ1) is 13.2. The summed E-state index contributed by atoms with van der Waals surface area (Å²) in [6.07, 6.45) is 1.50. The lowest BCUT2D eigenvalue weighted by Crippen LogP contribution is -2.24. The number of hydrazone groups is 1. The molecule has 10 heteroatoms. The predicted molar refractivity (Wildman–Crippen MR) is 96.6 cm³/mol. The van der Waals surface area contributed by atoms with Crippen molar-refractivity contribution in [2.45, 2.75) is 6.54 Å². The second-order valence-corrected chi connectivity index (χ2v) is 5.94. The van der Waals surface area contributed by atoms with Crippen LogP contribution in [0.1, 0.15) is 5.56 Å². The van der Waals surface area contributed by atoms with Crippen LogP contribution in [0, 0.1) is 0 Å². The molecule has 4 rings (SSSR count). The average molecular weight is 385 g/mol. The van der Waals surface area contributed by atoms with Gasteiger partial charge in [-0.15, -0.1) is 10.2 Å². The molecule has 1 amide bonds. The van der Waals surface area contributed by atoms with Crippen molar-refractivity contribution in [2.75, 3.05) is 6.79 Å². The van der Waals surface area contributed by atoms with E-state index < -0.39 is 5.91 Å². The highest BCUT2D eigenvalue weighted by Crippen LogP contribution is 2.31. The van der Waals surface area contributed by atoms with Crippen molar-refractivity contribution in [2.24, 2.45) is 5.10 Å². The Morgan fingerprint density at radius 2 is 2.11 bits per heavy atom. The Kier molecular flexibility index (Phi) is 4.67. The number of amides is 1. The zero-order valence-electron chi connectivity index (χ0n) is 13.9. The second kappa shape index (κ2) is 7.42. The van der Waals surface area contributed by atoms with Gasteiger partial charge in [0.15, 0.2) is 11.5 Å². The number of tetrazole rings is 1. The molecule has 0 saturated carbocycles. The lowest BCUT2D eigenvalue weighted by molar-refractivity contribution is -0.122. The molecule has 2 aromatic carbocycles. The maximum atomic E-state index is 12.0. The fraction of sp³-hybridized carbons (Fsp3) is 0.118. The molecular weight excluding hydrogens is 372 g/mol. The highest BCUT2D eigenvalue weighted by atomic mass is 35.5. The van der Waals surface area contributed by atoms with E-state index in [9.17, 15) is 4.79 Å². The third kappa shape index (κ3) is 3.87. The van der Waals surface area contributed by atoms with Crippen LogP contribution in [0.5, 0.6) is 11.5 Å². The first-order valence-corrected chi connectivity index (χ1v) is 8.31. The number of hydrogen-bond acceptors (Lipinski definition) is 7. The van der Waals surface area contributed by atoms with Crippen LogP contribution in [-0.2, 0) is 11.3 Å². The van der Waals surface area contributed by atoms with E-state index in [1.807, 2.05) is 12.1 Å². The molecule has 1 N–H and O–H groups in total. The number of nitrogens with one attached hydrogen (secondary N) is 1. The lowest BCUT2D eigenvalue weighted by Gasteiger charge is -1.99. The highest BCUT2D eigenvalue weighted by molar-refractivity contribution is 6.33. The van der Waals surface area contributed by atoms with Crippen molar-refractivity contribution in [1.82, 2.24) is 25.6 Å². The summed E-state index contributed by atoms with van der Waals surface area (Å²) >= 11 is 6.10. The molecule has 27 heavy (non-hydrogen) atoms. The zero-order chi connectivity index (χ0) is 18.6. The highest BCUT2D eigenvalue weighted by Gasteiger charge is 2.13. The van der Waals surface area contributed by atoms with Gasteiger partial charge in [-0.05, 0) is 41.1 Å². The lowest BCUT2D eigenvalue weighted by atomic mass is 10.2. The predicted octanol–water partition coefficient (Wildman–Crippen LogP) is 1.87. The second-order valence-electron chi connectivity index (χ2n) is 5.53. The van der Waals surface area contributed by atoms with Crippen molar-refractivity contribution in [3.05, 3.63) is 53.1 Å². The van der Waals surface area contributed by atoms with Gasteiger partial charge in [0.2, 0.25) is 12.6 Å². The maximum Gasteiger partial charge on any atom is 0.263 e. The Hall–Kier alpha value is -3.46. The number of halogens is 1. The summed E-state index contributed by atoms with van der Waals surface area (Å²) < 4.78 is 10.5. The Morgan fingerprint density at radius 1 is 1.26 bits per heavy atom. The van der Waals surface area contributed by atoms with Gasteiger partial charge in [0.25, 0.3) is 5.91 Å². The van der Waals surface area contributed by atoms with Gasteiger partial charge < -0.3 is 9.47 Å². The van der Waals surface area contributed by atoms with Crippen LogP contribution in [0.4, 0.5) is 0 Å². The molecular formula is C17H13ClN6O3. The van der Waals surface area contributed by atoms with Crippen molar-refractivity contribution in [3.8, 4) is 22.9 Å². The Labute approximate surface area is 158 Å². The van der Waals surface area contributed by atoms with Crippen LogP contribution >= 0.6 is 11.6 Å². The van der Waals surface area contributed by atoms with Crippen LogP contribution in [-0.4, -0.2) is 39.1 Å². The Balaban J connectivity index is 1.35. The van der Waals surface area contributed by atoms with Gasteiger partial charge in [-0.25, -0.2) is 5.43 Å². The number of benzene rings is 2. The molecule has 0 saturated heterocycles. The summed E-state index contributed by atoms with van der Waals surface area (Å²) in [6.45, 7) is 0.0731. The van der Waals surface area contributed by atoms with E-state index in [4.69, 9.17) is 21.1 Å². The number of rotatable bonds is 5. The molecule has 0 unspecified atom stereocenters. The Bertz CT molecular complexity index is 1020. The maximum absolute atomic E-state index is 12.0. The molecule has 0 radical (unpaired) electrons. The van der Waals surface area contributed by atoms with E-state index in [1.54, 1.807) is 30.3 Å². The molecule has 9 nitrogen and oxygen atoms in total. The van der Waals surface area contributed by atoms with Crippen molar-refractivity contribution in [3.63, 3.8) is 0 Å². The normalized spacial score (nSPS) is 12.5. The summed E-state index contributed by atoms with van der Waals surface area (Å²) in [5.41, 5.74) is 3.82. The van der Waals surface area contributed by atoms with Crippen molar-refractivity contribution < 1.29 is 14.3 Å². The summed E-state index contributed by atoms with van der Waals surface area (Å²) in [7, 11) is 0. The van der Waals surface area contributed by atoms with Crippen LogP contribution in [0.2, 0.25) is 5.02 Å². The first-order valence-electron chi connectivity index (χ1n) is 7.93. The standard InChI is InChI=1S/C17H13ClN6O3/c18-13-4-2-1-3-12(13)17-21-23-24(22-17)9-16(25)20-19-8-11-5-6-14-15(7-11)27-10-26-14/h1-8H,9-10H2,(H,20,25)/b19-8-. The molecule has 2 heterocycles. The molecule has 0 fully saturated rings. The molecule has 3 aromatic rings. The number of hydrogen-bond donors (Lipinski definition) is 1. The van der Waals surface area contributed by atoms with E-state index in [2.05, 4.69) is 25.9 Å². The molecule has 0 spiro atoms. The third-order valence-electron chi connectivity index (χ3n) is 3.65. The van der Waals surface area contributed by atoms with E-state index >= 15 is 0 Å². The minimum absolute atomic E-state index is 0.129. The summed E-state index contributed by atoms with van der Waals surface area (Å²) in [5.74, 6) is 1.28. The monoisotopic (exact) mass is 384 g/mol. The SMILES string of the molecule is O=C(Cn1nnc(-c2ccccc2Cl)n1)N/N=C\c1ccc2c(c1)OCO2. The van der Waals surface area contributed by atoms with E-state index in [-0.39, 0.29) is 13.3 Å². The molecule has 1 aromatic heterocycles. The fourth-order valence-corrected chi connectivity index (χ4v) is 2.62. The van der Waals surface area contributed by atoms with Gasteiger partial charge in [-0.3, -0.25) is 4.79 Å². The molecule has 136 valence electrons. The van der Waals surface area contributed by atoms with E-state index in [0.29, 0.717) is 27.9 Å². The zero-order valence-corrected chi connectivity index (χ0v) is 14.6. The topological polar surface area (TPSA) is 104 Å². The number of carbonyl (C=O) groups is 1. The number of fused-ring (bicyclic) bond motifs is 1. The average Bonchev–Trinajstić information content (AvgIpc) is 3.31. The van der Waals surface area contributed by atoms with Crippen LogP contribution in [0.3, 0.4) is 0 Å². The quantitative estimate of drug-likeness (QED) is 0.532. The molecule has 1 aliphatic rings. The first kappa shape index (κ1) is 17.0. The fourth-order valence-electron chi connectivity index (χ4n) is 2.40. The molecule has 0 aliphatic carbocycles. The van der Waals surface area contributed by atoms with Crippen LogP contribution in [0.15, 0.2) is 47.6 Å². The number of nitrogens with zero attached hydrogens (tertiary/aromatic N) is 5. The number of carbonyl (C=O) groups excluding carboxylic acids is 1. The van der Waals surface area contributed by atoms with Gasteiger partial charge in [0.05, 0.1) is 11.2 Å². The summed E-state index contributed by atoms with van der Waals surface area (Å²) in [5, 5.41) is 16.3. The third-order valence-corrected chi connectivity index (χ3v) is 3.98. The van der Waals surface area contributed by atoms with Gasteiger partial charge in [0, 0.05) is 5.56 Å². The van der Waals surface area contributed by atoms with Crippen molar-refractivity contribution in [1.29, 1.82) is 0 Å².